The quantitative estimate of drug-likeness (QED) is 0.694. The molecule has 0 radical (unpaired) electrons. The molecule has 0 spiro atoms. The maximum atomic E-state index is 13.8. The number of esters is 1. The summed E-state index contributed by atoms with van der Waals surface area (Å²) in [5.74, 6) is -1.22. The van der Waals surface area contributed by atoms with Crippen LogP contribution in [0.5, 0.6) is 0 Å². The molecule has 100 valence electrons. The smallest absolute Gasteiger partial charge is 0.340 e. The number of carbonyl (C=O) groups is 1. The Morgan fingerprint density at radius 3 is 2.89 bits per heavy atom. The third-order valence-electron chi connectivity index (χ3n) is 2.41. The van der Waals surface area contributed by atoms with E-state index in [0.717, 1.165) is 6.07 Å². The van der Waals surface area contributed by atoms with Gasteiger partial charge in [0, 0.05) is 11.9 Å². The van der Waals surface area contributed by atoms with Crippen molar-refractivity contribution in [2.75, 3.05) is 12.3 Å². The first kappa shape index (κ1) is 13.4. The average Bonchev–Trinajstić information content (AvgIpc) is 2.76. The lowest BCUT2D eigenvalue weighted by Crippen LogP contribution is -2.10. The Bertz CT molecular complexity index is 627. The van der Waals surface area contributed by atoms with Crippen molar-refractivity contribution in [1.82, 2.24) is 9.78 Å². The first-order chi connectivity index (χ1) is 9.02. The number of halogens is 2. The molecule has 0 saturated heterocycles. The fourth-order valence-corrected chi connectivity index (χ4v) is 1.71. The van der Waals surface area contributed by atoms with Gasteiger partial charge >= 0.3 is 5.97 Å². The van der Waals surface area contributed by atoms with Crippen molar-refractivity contribution in [1.29, 1.82) is 0 Å². The Balaban J connectivity index is 2.50. The van der Waals surface area contributed by atoms with Crippen LogP contribution in [-0.4, -0.2) is 22.4 Å². The summed E-state index contributed by atoms with van der Waals surface area (Å²) in [4.78, 5) is 11.7. The Labute approximate surface area is 113 Å². The Hall–Kier alpha value is -2.08. The second-order valence-corrected chi connectivity index (χ2v) is 4.15. The average molecular weight is 284 g/mol. The van der Waals surface area contributed by atoms with E-state index >= 15 is 0 Å². The van der Waals surface area contributed by atoms with Gasteiger partial charge in [0.25, 0.3) is 0 Å². The van der Waals surface area contributed by atoms with Gasteiger partial charge in [-0.1, -0.05) is 11.6 Å². The third kappa shape index (κ3) is 2.68. The summed E-state index contributed by atoms with van der Waals surface area (Å²) in [6.07, 6.45) is 2.78. The molecule has 0 aliphatic rings. The number of carbonyl (C=O) groups excluding carboxylic acids is 1. The lowest BCUT2D eigenvalue weighted by Gasteiger charge is -2.09. The number of nitrogens with two attached hydrogens (primary N) is 1. The molecule has 5 nitrogen and oxygen atoms in total. The third-order valence-corrected chi connectivity index (χ3v) is 2.61. The zero-order valence-electron chi connectivity index (χ0n) is 10.1. The van der Waals surface area contributed by atoms with Gasteiger partial charge in [0.1, 0.15) is 5.69 Å². The molecular weight excluding hydrogens is 273 g/mol. The topological polar surface area (TPSA) is 70.1 Å². The van der Waals surface area contributed by atoms with Crippen molar-refractivity contribution in [2.24, 2.45) is 0 Å². The van der Waals surface area contributed by atoms with Crippen LogP contribution in [0.15, 0.2) is 24.5 Å². The molecule has 0 aliphatic heterocycles. The zero-order valence-corrected chi connectivity index (χ0v) is 10.8. The highest BCUT2D eigenvalue weighted by Gasteiger charge is 2.16. The van der Waals surface area contributed by atoms with Gasteiger partial charge < -0.3 is 10.5 Å². The van der Waals surface area contributed by atoms with E-state index in [9.17, 15) is 9.18 Å². The fourth-order valence-electron chi connectivity index (χ4n) is 1.57. The summed E-state index contributed by atoms with van der Waals surface area (Å²) in [6.45, 7) is 1.88. The minimum atomic E-state index is -0.612. The summed E-state index contributed by atoms with van der Waals surface area (Å²) >= 11 is 5.72. The zero-order chi connectivity index (χ0) is 14.0. The molecule has 0 aliphatic carbocycles. The number of aromatic nitrogens is 2. The predicted octanol–water partition coefficient (Wildman–Crippen LogP) is 2.42. The summed E-state index contributed by atoms with van der Waals surface area (Å²) in [6, 6.07) is 2.34. The van der Waals surface area contributed by atoms with Crippen LogP contribution in [0.3, 0.4) is 0 Å². The highest BCUT2D eigenvalue weighted by atomic mass is 35.5. The number of ether oxygens (including phenoxy) is 1. The molecule has 0 bridgehead atoms. The van der Waals surface area contributed by atoms with Crippen LogP contribution in [0.1, 0.15) is 17.3 Å². The van der Waals surface area contributed by atoms with Crippen LogP contribution in [0.4, 0.5) is 10.1 Å². The van der Waals surface area contributed by atoms with Crippen molar-refractivity contribution >= 4 is 23.3 Å². The van der Waals surface area contributed by atoms with Crippen molar-refractivity contribution < 1.29 is 13.9 Å². The van der Waals surface area contributed by atoms with E-state index in [1.165, 1.54) is 23.1 Å². The molecule has 2 aromatic rings. The Morgan fingerprint density at radius 2 is 2.32 bits per heavy atom. The van der Waals surface area contributed by atoms with Crippen LogP contribution >= 0.6 is 11.6 Å². The number of hydrogen-bond acceptors (Lipinski definition) is 4. The second kappa shape index (κ2) is 5.27. The molecule has 0 fully saturated rings. The highest BCUT2D eigenvalue weighted by Crippen LogP contribution is 2.22. The van der Waals surface area contributed by atoms with E-state index in [2.05, 4.69) is 5.10 Å². The normalized spacial score (nSPS) is 10.5. The minimum Gasteiger partial charge on any atom is -0.462 e. The van der Waals surface area contributed by atoms with Crippen molar-refractivity contribution in [3.8, 4) is 5.69 Å². The number of benzene rings is 1. The van der Waals surface area contributed by atoms with Crippen LogP contribution in [-0.2, 0) is 4.74 Å². The van der Waals surface area contributed by atoms with E-state index in [4.69, 9.17) is 22.1 Å². The molecule has 1 aromatic carbocycles. The van der Waals surface area contributed by atoms with E-state index in [1.807, 2.05) is 0 Å². The number of anilines is 1. The maximum absolute atomic E-state index is 13.8. The molecule has 0 amide bonds. The van der Waals surface area contributed by atoms with E-state index < -0.39 is 11.8 Å². The van der Waals surface area contributed by atoms with Gasteiger partial charge in [-0.05, 0) is 19.1 Å². The molecule has 2 N–H and O–H groups in total. The molecule has 2 rings (SSSR count). The Morgan fingerprint density at radius 1 is 1.58 bits per heavy atom. The van der Waals surface area contributed by atoms with Gasteiger partial charge in [-0.2, -0.15) is 5.10 Å². The molecule has 0 unspecified atom stereocenters. The SMILES string of the molecule is CCOC(=O)c1cc(-n2cc(Cl)cn2)c(F)cc1N. The highest BCUT2D eigenvalue weighted by molar-refractivity contribution is 6.30. The number of nitrogen functional groups attached to an aromatic ring is 1. The lowest BCUT2D eigenvalue weighted by molar-refractivity contribution is 0.0527. The molecule has 1 aromatic heterocycles. The van der Waals surface area contributed by atoms with Crippen LogP contribution in [0.2, 0.25) is 5.02 Å². The van der Waals surface area contributed by atoms with Gasteiger partial charge in [0.15, 0.2) is 5.82 Å². The standard InChI is InChI=1S/C12H11ClFN3O2/c1-2-19-12(18)8-3-11(9(14)4-10(8)15)17-6-7(13)5-16-17/h3-6H,2,15H2,1H3. The number of rotatable bonds is 3. The summed E-state index contributed by atoms with van der Waals surface area (Å²) < 4.78 is 19.9. The predicted molar refractivity (Wildman–Crippen MR) is 68.9 cm³/mol. The maximum Gasteiger partial charge on any atom is 0.340 e. The van der Waals surface area contributed by atoms with Gasteiger partial charge in [-0.15, -0.1) is 0 Å². The van der Waals surface area contributed by atoms with Crippen LogP contribution in [0.25, 0.3) is 5.69 Å². The molecule has 0 atom stereocenters. The van der Waals surface area contributed by atoms with Gasteiger partial charge in [-0.25, -0.2) is 13.9 Å². The molecule has 1 heterocycles. The molecule has 7 heteroatoms. The largest absolute Gasteiger partial charge is 0.462 e. The van der Waals surface area contributed by atoms with Gasteiger partial charge in [0.05, 0.1) is 23.4 Å². The number of nitrogens with zero attached hydrogens (tertiary/aromatic N) is 2. The van der Waals surface area contributed by atoms with Crippen LogP contribution in [0, 0.1) is 5.82 Å². The molecular formula is C12H11ClFN3O2. The van der Waals surface area contributed by atoms with Crippen LogP contribution < -0.4 is 5.73 Å². The fraction of sp³-hybridized carbons (Fsp3) is 0.167. The second-order valence-electron chi connectivity index (χ2n) is 3.71. The van der Waals surface area contributed by atoms with E-state index in [-0.39, 0.29) is 23.5 Å². The monoisotopic (exact) mass is 283 g/mol. The Kier molecular flexibility index (Phi) is 3.71. The molecule has 19 heavy (non-hydrogen) atoms. The lowest BCUT2D eigenvalue weighted by atomic mass is 10.1. The summed E-state index contributed by atoms with van der Waals surface area (Å²) in [7, 11) is 0. The first-order valence-electron chi connectivity index (χ1n) is 5.49. The van der Waals surface area contributed by atoms with Crippen molar-refractivity contribution in [3.05, 3.63) is 40.9 Å². The molecule has 0 saturated carbocycles. The summed E-state index contributed by atoms with van der Waals surface area (Å²) in [5.41, 5.74) is 5.78. The minimum absolute atomic E-state index is 0.0120. The summed E-state index contributed by atoms with van der Waals surface area (Å²) in [5, 5.41) is 4.23. The van der Waals surface area contributed by atoms with Crippen molar-refractivity contribution in [2.45, 2.75) is 6.92 Å². The van der Waals surface area contributed by atoms with E-state index in [1.54, 1.807) is 6.92 Å². The van der Waals surface area contributed by atoms with Gasteiger partial charge in [-0.3, -0.25) is 0 Å². The van der Waals surface area contributed by atoms with Crippen molar-refractivity contribution in [3.63, 3.8) is 0 Å². The number of hydrogen-bond donors (Lipinski definition) is 1. The van der Waals surface area contributed by atoms with E-state index in [0.29, 0.717) is 5.02 Å². The van der Waals surface area contributed by atoms with Gasteiger partial charge in [0.2, 0.25) is 0 Å². The first-order valence-corrected chi connectivity index (χ1v) is 5.87.